The zero-order valence-electron chi connectivity index (χ0n) is 11.6. The van der Waals surface area contributed by atoms with Crippen molar-refractivity contribution in [3.8, 4) is 0 Å². The zero-order chi connectivity index (χ0) is 13.1. The average molecular weight is 249 g/mol. The van der Waals surface area contributed by atoms with Crippen LogP contribution in [0.2, 0.25) is 0 Å². The van der Waals surface area contributed by atoms with E-state index in [1.54, 1.807) is 0 Å². The molecule has 1 saturated heterocycles. The molecule has 0 radical (unpaired) electrons. The van der Waals surface area contributed by atoms with E-state index in [2.05, 4.69) is 33.9 Å². The van der Waals surface area contributed by atoms with E-state index >= 15 is 0 Å². The third-order valence-electron chi connectivity index (χ3n) is 3.56. The molecule has 5 heteroatoms. The van der Waals surface area contributed by atoms with Crippen LogP contribution in [0.15, 0.2) is 6.20 Å². The fourth-order valence-corrected chi connectivity index (χ4v) is 2.61. The van der Waals surface area contributed by atoms with Crippen molar-refractivity contribution in [2.45, 2.75) is 19.9 Å². The summed E-state index contributed by atoms with van der Waals surface area (Å²) in [5.41, 5.74) is 6.78. The monoisotopic (exact) mass is 249 g/mol. The van der Waals surface area contributed by atoms with Crippen LogP contribution in [-0.4, -0.2) is 48.6 Å². The van der Waals surface area contributed by atoms with Crippen molar-refractivity contribution >= 4 is 5.82 Å². The molecule has 2 rings (SSSR count). The van der Waals surface area contributed by atoms with Crippen molar-refractivity contribution in [1.82, 2.24) is 14.9 Å². The van der Waals surface area contributed by atoms with Gasteiger partial charge in [-0.2, -0.15) is 0 Å². The van der Waals surface area contributed by atoms with Gasteiger partial charge < -0.3 is 15.5 Å². The van der Waals surface area contributed by atoms with E-state index in [0.29, 0.717) is 6.54 Å². The smallest absolute Gasteiger partial charge is 0.136 e. The van der Waals surface area contributed by atoms with Crippen molar-refractivity contribution in [3.05, 3.63) is 17.6 Å². The van der Waals surface area contributed by atoms with Gasteiger partial charge in [-0.25, -0.2) is 9.97 Å². The predicted molar refractivity (Wildman–Crippen MR) is 73.5 cm³/mol. The van der Waals surface area contributed by atoms with Gasteiger partial charge in [-0.15, -0.1) is 0 Å². The molecule has 1 atom stereocenters. The molecule has 1 aromatic heterocycles. The summed E-state index contributed by atoms with van der Waals surface area (Å²) in [5, 5.41) is 0. The molecule has 100 valence electrons. The Labute approximate surface area is 109 Å². The third-order valence-corrected chi connectivity index (χ3v) is 3.56. The van der Waals surface area contributed by atoms with E-state index in [1.165, 1.54) is 19.5 Å². The molecule has 0 saturated carbocycles. The molecule has 18 heavy (non-hydrogen) atoms. The van der Waals surface area contributed by atoms with Crippen LogP contribution in [0.3, 0.4) is 0 Å². The second kappa shape index (κ2) is 5.63. The largest absolute Gasteiger partial charge is 0.359 e. The summed E-state index contributed by atoms with van der Waals surface area (Å²) in [6.45, 7) is 5.82. The summed E-state index contributed by atoms with van der Waals surface area (Å²) in [6.07, 6.45) is 3.11. The van der Waals surface area contributed by atoms with Crippen molar-refractivity contribution in [2.75, 3.05) is 38.6 Å². The second-order valence-electron chi connectivity index (χ2n) is 5.27. The molecule has 0 amide bonds. The number of hydrogen-bond donors (Lipinski definition) is 1. The minimum Gasteiger partial charge on any atom is -0.359 e. The van der Waals surface area contributed by atoms with Gasteiger partial charge in [0.1, 0.15) is 11.6 Å². The van der Waals surface area contributed by atoms with Crippen LogP contribution in [-0.2, 0) is 6.54 Å². The van der Waals surface area contributed by atoms with Gasteiger partial charge >= 0.3 is 0 Å². The molecule has 0 bridgehead atoms. The normalized spacial score (nSPS) is 20.3. The van der Waals surface area contributed by atoms with E-state index < -0.39 is 0 Å². The molecule has 5 nitrogen and oxygen atoms in total. The minimum absolute atomic E-state index is 0.491. The highest BCUT2D eigenvalue weighted by molar-refractivity contribution is 5.45. The van der Waals surface area contributed by atoms with Crippen LogP contribution in [0.1, 0.15) is 17.8 Å². The lowest BCUT2D eigenvalue weighted by molar-refractivity contribution is 0.395. The molecule has 1 aromatic rings. The molecule has 0 spiro atoms. The molecule has 1 unspecified atom stereocenters. The molecule has 2 N–H and O–H groups in total. The fraction of sp³-hybridized carbons (Fsp3) is 0.692. The first-order chi connectivity index (χ1) is 8.60. The average Bonchev–Trinajstić information content (AvgIpc) is 2.74. The number of aromatic nitrogens is 2. The van der Waals surface area contributed by atoms with Gasteiger partial charge in [0, 0.05) is 38.4 Å². The topological polar surface area (TPSA) is 58.3 Å². The zero-order valence-corrected chi connectivity index (χ0v) is 11.6. The Kier molecular flexibility index (Phi) is 4.14. The molecule has 1 aliphatic rings. The quantitative estimate of drug-likeness (QED) is 0.848. The van der Waals surface area contributed by atoms with Crippen molar-refractivity contribution in [1.29, 1.82) is 0 Å². The summed E-state index contributed by atoms with van der Waals surface area (Å²) in [4.78, 5) is 13.3. The minimum atomic E-state index is 0.491. The number of nitrogens with zero attached hydrogens (tertiary/aromatic N) is 4. The maximum absolute atomic E-state index is 5.75. The summed E-state index contributed by atoms with van der Waals surface area (Å²) < 4.78 is 0. The first-order valence-electron chi connectivity index (χ1n) is 6.52. The van der Waals surface area contributed by atoms with Gasteiger partial charge in [0.05, 0.1) is 0 Å². The Morgan fingerprint density at radius 2 is 2.33 bits per heavy atom. The molecule has 1 aliphatic heterocycles. The predicted octanol–water partition coefficient (Wildman–Crippen LogP) is 0.632. The second-order valence-corrected chi connectivity index (χ2v) is 5.27. The Morgan fingerprint density at radius 1 is 1.56 bits per heavy atom. The Hall–Kier alpha value is -1.20. The summed E-state index contributed by atoms with van der Waals surface area (Å²) in [5.74, 6) is 2.51. The van der Waals surface area contributed by atoms with E-state index in [-0.39, 0.29) is 0 Å². The number of likely N-dealkylation sites (tertiary alicyclic amines) is 1. The molecule has 0 aliphatic carbocycles. The van der Waals surface area contributed by atoms with Crippen LogP contribution in [0, 0.1) is 12.8 Å². The van der Waals surface area contributed by atoms with E-state index in [1.807, 2.05) is 13.1 Å². The number of nitrogens with two attached hydrogens (primary N) is 1. The van der Waals surface area contributed by atoms with E-state index in [9.17, 15) is 0 Å². The van der Waals surface area contributed by atoms with Gasteiger partial charge in [0.2, 0.25) is 0 Å². The number of aryl methyl sites for hydroxylation is 1. The fourth-order valence-electron chi connectivity index (χ4n) is 2.61. The van der Waals surface area contributed by atoms with Gasteiger partial charge in [-0.3, -0.25) is 0 Å². The molecular formula is C13H23N5. The maximum atomic E-state index is 5.75. The maximum Gasteiger partial charge on any atom is 0.136 e. The van der Waals surface area contributed by atoms with Crippen molar-refractivity contribution in [2.24, 2.45) is 11.7 Å². The standard InChI is InChI=1S/C13H23N5/c1-10-15-7-12(6-14)13(16-10)18(3)9-11-4-5-17(2)8-11/h7,11H,4-6,8-9,14H2,1-3H3. The van der Waals surface area contributed by atoms with Crippen LogP contribution in [0.25, 0.3) is 0 Å². The van der Waals surface area contributed by atoms with Gasteiger partial charge in [0.25, 0.3) is 0 Å². The van der Waals surface area contributed by atoms with Gasteiger partial charge in [0.15, 0.2) is 0 Å². The van der Waals surface area contributed by atoms with Gasteiger partial charge in [-0.1, -0.05) is 0 Å². The first-order valence-corrected chi connectivity index (χ1v) is 6.52. The van der Waals surface area contributed by atoms with Gasteiger partial charge in [-0.05, 0) is 32.9 Å². The lowest BCUT2D eigenvalue weighted by Gasteiger charge is -2.24. The van der Waals surface area contributed by atoms with Crippen LogP contribution >= 0.6 is 0 Å². The lowest BCUT2D eigenvalue weighted by atomic mass is 10.1. The van der Waals surface area contributed by atoms with Crippen molar-refractivity contribution in [3.63, 3.8) is 0 Å². The number of rotatable bonds is 4. The third kappa shape index (κ3) is 2.97. The molecular weight excluding hydrogens is 226 g/mol. The highest BCUT2D eigenvalue weighted by Crippen LogP contribution is 2.20. The Balaban J connectivity index is 2.08. The Morgan fingerprint density at radius 3 is 2.94 bits per heavy atom. The summed E-state index contributed by atoms with van der Waals surface area (Å²) in [6, 6.07) is 0. The number of hydrogen-bond acceptors (Lipinski definition) is 5. The highest BCUT2D eigenvalue weighted by atomic mass is 15.2. The molecule has 2 heterocycles. The lowest BCUT2D eigenvalue weighted by Crippen LogP contribution is -2.29. The molecule has 1 fully saturated rings. The molecule has 0 aromatic carbocycles. The summed E-state index contributed by atoms with van der Waals surface area (Å²) >= 11 is 0. The number of anilines is 1. The van der Waals surface area contributed by atoms with Crippen molar-refractivity contribution < 1.29 is 0 Å². The van der Waals surface area contributed by atoms with Crippen LogP contribution < -0.4 is 10.6 Å². The van der Waals surface area contributed by atoms with Crippen LogP contribution in [0.5, 0.6) is 0 Å². The van der Waals surface area contributed by atoms with Crippen LogP contribution in [0.4, 0.5) is 5.82 Å². The van der Waals surface area contributed by atoms with E-state index in [0.717, 1.165) is 29.7 Å². The van der Waals surface area contributed by atoms with E-state index in [4.69, 9.17) is 5.73 Å². The highest BCUT2D eigenvalue weighted by Gasteiger charge is 2.22. The first kappa shape index (κ1) is 13.2. The summed E-state index contributed by atoms with van der Waals surface area (Å²) in [7, 11) is 4.28. The Bertz CT molecular complexity index is 406. The SMILES string of the molecule is Cc1ncc(CN)c(N(C)CC2CCN(C)C2)n1.